The van der Waals surface area contributed by atoms with E-state index in [1.807, 2.05) is 6.07 Å². The van der Waals surface area contributed by atoms with Crippen molar-refractivity contribution in [1.82, 2.24) is 0 Å². The molecule has 3 heteroatoms. The molecule has 1 N–H and O–H groups in total. The first-order valence-electron chi connectivity index (χ1n) is 5.57. The van der Waals surface area contributed by atoms with Crippen molar-refractivity contribution in [2.45, 2.75) is 25.8 Å². The second-order valence-electron chi connectivity index (χ2n) is 4.44. The molecule has 3 rings (SSSR count). The Kier molecular flexibility index (Phi) is 2.06. The van der Waals surface area contributed by atoms with Crippen LogP contribution in [0.25, 0.3) is 0 Å². The molecule has 1 saturated heterocycles. The van der Waals surface area contributed by atoms with Gasteiger partial charge in [-0.05, 0) is 37.5 Å². The largest absolute Gasteiger partial charge is 0.381 e. The Morgan fingerprint density at radius 3 is 3.20 bits per heavy atom. The maximum Gasteiger partial charge on any atom is 0.0623 e. The predicted octanol–water partition coefficient (Wildman–Crippen LogP) is 3.04. The van der Waals surface area contributed by atoms with Gasteiger partial charge in [-0.25, -0.2) is 0 Å². The zero-order chi connectivity index (χ0) is 10.4. The molecule has 2 aliphatic rings. The first-order valence-corrected chi connectivity index (χ1v) is 5.95. The lowest BCUT2D eigenvalue weighted by molar-refractivity contribution is 0.682. The fraction of sp³-hybridized carbons (Fsp3) is 0.500. The van der Waals surface area contributed by atoms with E-state index >= 15 is 0 Å². The maximum absolute atomic E-state index is 6.13. The van der Waals surface area contributed by atoms with Gasteiger partial charge in [-0.3, -0.25) is 0 Å². The lowest BCUT2D eigenvalue weighted by Gasteiger charge is -2.35. The van der Waals surface area contributed by atoms with Gasteiger partial charge in [0.1, 0.15) is 0 Å². The molecule has 0 spiro atoms. The maximum atomic E-state index is 6.13. The second-order valence-corrected chi connectivity index (χ2v) is 4.84. The molecule has 1 aromatic rings. The van der Waals surface area contributed by atoms with Crippen LogP contribution < -0.4 is 10.2 Å². The second kappa shape index (κ2) is 3.31. The van der Waals surface area contributed by atoms with Crippen LogP contribution in [0.3, 0.4) is 0 Å². The number of rotatable bonds is 0. The predicted molar refractivity (Wildman–Crippen MR) is 65.0 cm³/mol. The summed E-state index contributed by atoms with van der Waals surface area (Å²) in [7, 11) is 0. The number of nitrogens with zero attached hydrogens (tertiary/aromatic N) is 1. The molecule has 2 nitrogen and oxygen atoms in total. The van der Waals surface area contributed by atoms with Crippen molar-refractivity contribution >= 4 is 23.0 Å². The van der Waals surface area contributed by atoms with Crippen LogP contribution >= 0.6 is 11.6 Å². The first kappa shape index (κ1) is 9.34. The Morgan fingerprint density at radius 2 is 2.33 bits per heavy atom. The van der Waals surface area contributed by atoms with Crippen molar-refractivity contribution < 1.29 is 0 Å². The third-order valence-corrected chi connectivity index (χ3v) is 3.99. The third kappa shape index (κ3) is 1.31. The van der Waals surface area contributed by atoms with Gasteiger partial charge in [0, 0.05) is 24.2 Å². The standard InChI is InChI=1S/C12H15ClN2/c1-8-10(13)4-5-11-12(8)14-7-9-3-2-6-15(9)11/h4-5,9,14H,2-3,6-7H2,1H3. The number of benzene rings is 1. The van der Waals surface area contributed by atoms with Crippen molar-refractivity contribution in [2.24, 2.45) is 0 Å². The van der Waals surface area contributed by atoms with E-state index < -0.39 is 0 Å². The highest BCUT2D eigenvalue weighted by Gasteiger charge is 2.30. The first-order chi connectivity index (χ1) is 7.27. The number of hydrogen-bond donors (Lipinski definition) is 1. The van der Waals surface area contributed by atoms with Crippen molar-refractivity contribution in [3.63, 3.8) is 0 Å². The van der Waals surface area contributed by atoms with Gasteiger partial charge in [0.2, 0.25) is 0 Å². The molecule has 0 aromatic heterocycles. The zero-order valence-corrected chi connectivity index (χ0v) is 9.64. The Labute approximate surface area is 95.2 Å². The SMILES string of the molecule is Cc1c(Cl)ccc2c1NCC1CCCN21. The summed E-state index contributed by atoms with van der Waals surface area (Å²) in [6, 6.07) is 4.85. The molecule has 1 fully saturated rings. The van der Waals surface area contributed by atoms with E-state index in [-0.39, 0.29) is 0 Å². The molecular formula is C12H15ClN2. The molecule has 0 saturated carbocycles. The van der Waals surface area contributed by atoms with E-state index in [9.17, 15) is 0 Å². The van der Waals surface area contributed by atoms with Gasteiger partial charge < -0.3 is 10.2 Å². The molecule has 2 aliphatic heterocycles. The number of nitrogens with one attached hydrogen (secondary N) is 1. The van der Waals surface area contributed by atoms with Crippen LogP contribution in [0.1, 0.15) is 18.4 Å². The summed E-state index contributed by atoms with van der Waals surface area (Å²) in [6.07, 6.45) is 2.63. The van der Waals surface area contributed by atoms with E-state index in [1.165, 1.54) is 36.3 Å². The number of halogens is 1. The van der Waals surface area contributed by atoms with E-state index in [1.54, 1.807) is 0 Å². The topological polar surface area (TPSA) is 15.3 Å². The monoisotopic (exact) mass is 222 g/mol. The van der Waals surface area contributed by atoms with Crippen LogP contribution in [-0.4, -0.2) is 19.1 Å². The van der Waals surface area contributed by atoms with Gasteiger partial charge in [0.05, 0.1) is 11.4 Å². The van der Waals surface area contributed by atoms with Crippen LogP contribution in [0.15, 0.2) is 12.1 Å². The summed E-state index contributed by atoms with van der Waals surface area (Å²) < 4.78 is 0. The number of fused-ring (bicyclic) bond motifs is 3. The average Bonchev–Trinajstić information content (AvgIpc) is 2.71. The van der Waals surface area contributed by atoms with Gasteiger partial charge in [-0.2, -0.15) is 0 Å². The minimum Gasteiger partial charge on any atom is -0.381 e. The highest BCUT2D eigenvalue weighted by atomic mass is 35.5. The van der Waals surface area contributed by atoms with E-state index in [2.05, 4.69) is 23.2 Å². The van der Waals surface area contributed by atoms with Crippen LogP contribution in [-0.2, 0) is 0 Å². The molecule has 0 amide bonds. The summed E-state index contributed by atoms with van der Waals surface area (Å²) in [5.41, 5.74) is 3.76. The minimum absolute atomic E-state index is 0.693. The molecule has 1 aromatic carbocycles. The fourth-order valence-electron chi connectivity index (χ4n) is 2.72. The van der Waals surface area contributed by atoms with Crippen LogP contribution in [0.4, 0.5) is 11.4 Å². The van der Waals surface area contributed by atoms with Crippen molar-refractivity contribution in [2.75, 3.05) is 23.3 Å². The molecule has 0 aliphatic carbocycles. The van der Waals surface area contributed by atoms with Crippen molar-refractivity contribution in [3.8, 4) is 0 Å². The van der Waals surface area contributed by atoms with E-state index in [4.69, 9.17) is 11.6 Å². The third-order valence-electron chi connectivity index (χ3n) is 3.58. The minimum atomic E-state index is 0.693. The Hall–Kier alpha value is -0.890. The Morgan fingerprint density at radius 1 is 1.47 bits per heavy atom. The van der Waals surface area contributed by atoms with Gasteiger partial charge in [-0.1, -0.05) is 11.6 Å². The highest BCUT2D eigenvalue weighted by Crippen LogP contribution is 2.40. The lowest BCUT2D eigenvalue weighted by atomic mass is 10.1. The summed E-state index contributed by atoms with van der Waals surface area (Å²) in [6.45, 7) is 4.35. The zero-order valence-electron chi connectivity index (χ0n) is 8.89. The quantitative estimate of drug-likeness (QED) is 0.726. The van der Waals surface area contributed by atoms with E-state index in [0.29, 0.717) is 6.04 Å². The van der Waals surface area contributed by atoms with Crippen molar-refractivity contribution in [1.29, 1.82) is 0 Å². The van der Waals surface area contributed by atoms with Crippen LogP contribution in [0, 0.1) is 6.92 Å². The van der Waals surface area contributed by atoms with Gasteiger partial charge >= 0.3 is 0 Å². The molecule has 1 unspecified atom stereocenters. The van der Waals surface area contributed by atoms with Gasteiger partial charge in [0.25, 0.3) is 0 Å². The van der Waals surface area contributed by atoms with Crippen molar-refractivity contribution in [3.05, 3.63) is 22.7 Å². The van der Waals surface area contributed by atoms with Crippen LogP contribution in [0.2, 0.25) is 5.02 Å². The Balaban J connectivity index is 2.11. The summed E-state index contributed by atoms with van der Waals surface area (Å²) in [5.74, 6) is 0. The summed E-state index contributed by atoms with van der Waals surface area (Å²) in [5, 5.41) is 4.38. The van der Waals surface area contributed by atoms with Crippen LogP contribution in [0.5, 0.6) is 0 Å². The summed E-state index contributed by atoms with van der Waals surface area (Å²) in [4.78, 5) is 2.52. The molecular weight excluding hydrogens is 208 g/mol. The summed E-state index contributed by atoms with van der Waals surface area (Å²) >= 11 is 6.13. The molecule has 2 heterocycles. The molecule has 0 bridgehead atoms. The Bertz CT molecular complexity index is 403. The van der Waals surface area contributed by atoms with E-state index in [0.717, 1.165) is 11.6 Å². The normalized spacial score (nSPS) is 23.3. The van der Waals surface area contributed by atoms with Gasteiger partial charge in [-0.15, -0.1) is 0 Å². The van der Waals surface area contributed by atoms with Gasteiger partial charge in [0.15, 0.2) is 0 Å². The fourth-order valence-corrected chi connectivity index (χ4v) is 2.88. The molecule has 0 radical (unpaired) electrons. The molecule has 15 heavy (non-hydrogen) atoms. The smallest absolute Gasteiger partial charge is 0.0623 e. The average molecular weight is 223 g/mol. The molecule has 80 valence electrons. The lowest BCUT2D eigenvalue weighted by Crippen LogP contribution is -2.39. The molecule has 1 atom stereocenters. The number of hydrogen-bond acceptors (Lipinski definition) is 2. The highest BCUT2D eigenvalue weighted by molar-refractivity contribution is 6.32. The number of anilines is 2.